The van der Waals surface area contributed by atoms with E-state index in [0.717, 1.165) is 50.5 Å². The van der Waals surface area contributed by atoms with Crippen LogP contribution >= 0.6 is 0 Å². The normalized spacial score (nSPS) is 16.8. The summed E-state index contributed by atoms with van der Waals surface area (Å²) in [4.78, 5) is 17.2. The molecule has 0 unspecified atom stereocenters. The largest absolute Gasteiger partial charge is 0.481 e. The second-order valence-corrected chi connectivity index (χ2v) is 7.02. The standard InChI is InChI=1S/C22H28N2O2/c1-18-8-6-11-21(16-18)26-19(2)22(25)24-13-7-12-23(14-15-24)17-20-9-4-3-5-10-20/h3-6,8-11,16,19H,7,12-15,17H2,1-2H3/t19-/m0/s1. The molecule has 1 amide bonds. The summed E-state index contributed by atoms with van der Waals surface area (Å²) in [6, 6.07) is 18.4. The Hall–Kier alpha value is -2.33. The van der Waals surface area contributed by atoms with E-state index in [1.807, 2.05) is 49.1 Å². The fraction of sp³-hybridized carbons (Fsp3) is 0.409. The average molecular weight is 352 g/mol. The lowest BCUT2D eigenvalue weighted by atomic mass is 10.2. The quantitative estimate of drug-likeness (QED) is 0.826. The number of carbonyl (C=O) groups excluding carboxylic acids is 1. The van der Waals surface area contributed by atoms with Crippen LogP contribution in [-0.4, -0.2) is 48.0 Å². The predicted molar refractivity (Wildman–Crippen MR) is 104 cm³/mol. The van der Waals surface area contributed by atoms with E-state index in [1.54, 1.807) is 0 Å². The Bertz CT molecular complexity index is 717. The zero-order valence-electron chi connectivity index (χ0n) is 15.7. The Morgan fingerprint density at radius 1 is 1.04 bits per heavy atom. The number of hydrogen-bond acceptors (Lipinski definition) is 3. The zero-order chi connectivity index (χ0) is 18.4. The summed E-state index contributed by atoms with van der Waals surface area (Å²) >= 11 is 0. The predicted octanol–water partition coefficient (Wildman–Crippen LogP) is 3.50. The lowest BCUT2D eigenvalue weighted by Gasteiger charge is -2.25. The molecule has 4 nitrogen and oxygen atoms in total. The van der Waals surface area contributed by atoms with E-state index >= 15 is 0 Å². The highest BCUT2D eigenvalue weighted by Gasteiger charge is 2.24. The third kappa shape index (κ3) is 5.09. The first-order valence-corrected chi connectivity index (χ1v) is 9.40. The van der Waals surface area contributed by atoms with E-state index in [2.05, 4.69) is 29.2 Å². The molecular formula is C22H28N2O2. The number of ether oxygens (including phenoxy) is 1. The maximum atomic E-state index is 12.8. The number of aryl methyl sites for hydroxylation is 1. The first-order valence-electron chi connectivity index (χ1n) is 9.40. The minimum absolute atomic E-state index is 0.0769. The fourth-order valence-electron chi connectivity index (χ4n) is 3.39. The molecule has 0 N–H and O–H groups in total. The molecule has 2 aromatic carbocycles. The highest BCUT2D eigenvalue weighted by atomic mass is 16.5. The van der Waals surface area contributed by atoms with Crippen LogP contribution in [0, 0.1) is 6.92 Å². The van der Waals surface area contributed by atoms with Gasteiger partial charge in [0, 0.05) is 32.7 Å². The molecule has 1 aliphatic rings. The number of hydrogen-bond donors (Lipinski definition) is 0. The highest BCUT2D eigenvalue weighted by molar-refractivity contribution is 5.81. The van der Waals surface area contributed by atoms with E-state index in [4.69, 9.17) is 4.74 Å². The Morgan fingerprint density at radius 2 is 1.85 bits per heavy atom. The van der Waals surface area contributed by atoms with Gasteiger partial charge in [-0.2, -0.15) is 0 Å². The van der Waals surface area contributed by atoms with Gasteiger partial charge in [0.2, 0.25) is 0 Å². The molecule has 0 spiro atoms. The molecule has 0 saturated carbocycles. The molecule has 1 saturated heterocycles. The van der Waals surface area contributed by atoms with Crippen molar-refractivity contribution in [2.45, 2.75) is 32.9 Å². The molecule has 3 rings (SSSR count). The SMILES string of the molecule is Cc1cccc(O[C@@H](C)C(=O)N2CCCN(Cc3ccccc3)CC2)c1. The maximum Gasteiger partial charge on any atom is 0.263 e. The number of nitrogens with zero attached hydrogens (tertiary/aromatic N) is 2. The van der Waals surface area contributed by atoms with Gasteiger partial charge in [0.25, 0.3) is 5.91 Å². The third-order valence-electron chi connectivity index (χ3n) is 4.80. The summed E-state index contributed by atoms with van der Waals surface area (Å²) in [5.74, 6) is 0.833. The summed E-state index contributed by atoms with van der Waals surface area (Å²) in [6.07, 6.45) is 0.535. The third-order valence-corrected chi connectivity index (χ3v) is 4.80. The molecule has 138 valence electrons. The molecule has 1 fully saturated rings. The Labute approximate surface area is 156 Å². The van der Waals surface area contributed by atoms with Gasteiger partial charge in [-0.05, 0) is 43.5 Å². The molecule has 2 aromatic rings. The van der Waals surface area contributed by atoms with Crippen molar-refractivity contribution >= 4 is 5.91 Å². The van der Waals surface area contributed by atoms with Crippen LogP contribution in [0.15, 0.2) is 54.6 Å². The minimum Gasteiger partial charge on any atom is -0.481 e. The van der Waals surface area contributed by atoms with Crippen molar-refractivity contribution in [3.05, 3.63) is 65.7 Å². The van der Waals surface area contributed by atoms with Crippen molar-refractivity contribution in [1.82, 2.24) is 9.80 Å². The molecule has 1 aliphatic heterocycles. The number of rotatable bonds is 5. The van der Waals surface area contributed by atoms with Crippen molar-refractivity contribution in [2.75, 3.05) is 26.2 Å². The molecule has 4 heteroatoms. The molecule has 0 radical (unpaired) electrons. The zero-order valence-corrected chi connectivity index (χ0v) is 15.7. The van der Waals surface area contributed by atoms with E-state index in [-0.39, 0.29) is 5.91 Å². The Kier molecular flexibility index (Phi) is 6.29. The second-order valence-electron chi connectivity index (χ2n) is 7.02. The van der Waals surface area contributed by atoms with Crippen molar-refractivity contribution in [3.8, 4) is 5.75 Å². The van der Waals surface area contributed by atoms with Gasteiger partial charge in [0.15, 0.2) is 6.10 Å². The fourth-order valence-corrected chi connectivity index (χ4v) is 3.39. The molecule has 1 heterocycles. The van der Waals surface area contributed by atoms with E-state index in [9.17, 15) is 4.79 Å². The van der Waals surface area contributed by atoms with Gasteiger partial charge in [-0.1, -0.05) is 42.5 Å². The molecular weight excluding hydrogens is 324 g/mol. The van der Waals surface area contributed by atoms with Crippen molar-refractivity contribution in [2.24, 2.45) is 0 Å². The summed E-state index contributed by atoms with van der Waals surface area (Å²) in [5, 5.41) is 0. The Morgan fingerprint density at radius 3 is 2.62 bits per heavy atom. The van der Waals surface area contributed by atoms with Gasteiger partial charge >= 0.3 is 0 Å². The van der Waals surface area contributed by atoms with Gasteiger partial charge in [0.05, 0.1) is 0 Å². The van der Waals surface area contributed by atoms with E-state index in [1.165, 1.54) is 5.56 Å². The van der Waals surface area contributed by atoms with E-state index in [0.29, 0.717) is 0 Å². The lowest BCUT2D eigenvalue weighted by molar-refractivity contribution is -0.137. The summed E-state index contributed by atoms with van der Waals surface area (Å²) in [7, 11) is 0. The van der Waals surface area contributed by atoms with Crippen LogP contribution in [0.3, 0.4) is 0 Å². The van der Waals surface area contributed by atoms with Crippen LogP contribution in [0.25, 0.3) is 0 Å². The van der Waals surface area contributed by atoms with Crippen LogP contribution in [0.4, 0.5) is 0 Å². The minimum atomic E-state index is -0.461. The summed E-state index contributed by atoms with van der Waals surface area (Å²) in [5.41, 5.74) is 2.46. The van der Waals surface area contributed by atoms with E-state index < -0.39 is 6.10 Å². The van der Waals surface area contributed by atoms with Crippen LogP contribution in [0.1, 0.15) is 24.5 Å². The first-order chi connectivity index (χ1) is 12.6. The monoisotopic (exact) mass is 352 g/mol. The average Bonchev–Trinajstić information content (AvgIpc) is 2.87. The van der Waals surface area contributed by atoms with Gasteiger partial charge in [0.1, 0.15) is 5.75 Å². The van der Waals surface area contributed by atoms with Gasteiger partial charge in [-0.3, -0.25) is 9.69 Å². The van der Waals surface area contributed by atoms with Crippen LogP contribution in [-0.2, 0) is 11.3 Å². The number of carbonyl (C=O) groups is 1. The smallest absolute Gasteiger partial charge is 0.263 e. The topological polar surface area (TPSA) is 32.8 Å². The van der Waals surface area contributed by atoms with Gasteiger partial charge in [-0.15, -0.1) is 0 Å². The lowest BCUT2D eigenvalue weighted by Crippen LogP contribution is -2.42. The number of benzene rings is 2. The molecule has 1 atom stereocenters. The molecule has 0 aromatic heterocycles. The number of amides is 1. The second kappa shape index (κ2) is 8.86. The van der Waals surface area contributed by atoms with Crippen molar-refractivity contribution in [1.29, 1.82) is 0 Å². The van der Waals surface area contributed by atoms with Gasteiger partial charge in [-0.25, -0.2) is 0 Å². The molecule has 26 heavy (non-hydrogen) atoms. The van der Waals surface area contributed by atoms with Crippen LogP contribution in [0.5, 0.6) is 5.75 Å². The molecule has 0 bridgehead atoms. The maximum absolute atomic E-state index is 12.8. The summed E-state index contributed by atoms with van der Waals surface area (Å²) in [6.45, 7) is 8.29. The van der Waals surface area contributed by atoms with Crippen LogP contribution < -0.4 is 4.74 Å². The summed E-state index contributed by atoms with van der Waals surface area (Å²) < 4.78 is 5.87. The highest BCUT2D eigenvalue weighted by Crippen LogP contribution is 2.16. The first kappa shape index (κ1) is 18.5. The Balaban J connectivity index is 1.53. The van der Waals surface area contributed by atoms with Crippen molar-refractivity contribution in [3.63, 3.8) is 0 Å². The van der Waals surface area contributed by atoms with Gasteiger partial charge < -0.3 is 9.64 Å². The van der Waals surface area contributed by atoms with Crippen LogP contribution in [0.2, 0.25) is 0 Å². The van der Waals surface area contributed by atoms with Crippen molar-refractivity contribution < 1.29 is 9.53 Å². The molecule has 0 aliphatic carbocycles.